The summed E-state index contributed by atoms with van der Waals surface area (Å²) in [6.07, 6.45) is 1.79. The highest BCUT2D eigenvalue weighted by Gasteiger charge is 2.13. The van der Waals surface area contributed by atoms with E-state index in [0.29, 0.717) is 4.90 Å². The molecule has 70 valence electrons. The van der Waals surface area contributed by atoms with Gasteiger partial charge in [-0.3, -0.25) is 0 Å². The van der Waals surface area contributed by atoms with Crippen LogP contribution in [0.1, 0.15) is 10.4 Å². The maximum absolute atomic E-state index is 10.6. The normalized spacial score (nSPS) is 10.0. The number of hydrogen-bond acceptors (Lipinski definition) is 3. The summed E-state index contributed by atoms with van der Waals surface area (Å²) in [5, 5.41) is 17.8. The lowest BCUT2D eigenvalue weighted by molar-refractivity contribution is 0.0696. The van der Waals surface area contributed by atoms with E-state index in [1.54, 1.807) is 6.26 Å². The van der Waals surface area contributed by atoms with E-state index in [9.17, 15) is 9.90 Å². The minimum atomic E-state index is -1.14. The SMILES string of the molecule is CSc1cc(O)c(Cl)c(C(=O)O)c1. The number of thioether (sulfide) groups is 1. The van der Waals surface area contributed by atoms with Gasteiger partial charge in [-0.15, -0.1) is 11.8 Å². The second-order valence-corrected chi connectivity index (χ2v) is 3.57. The van der Waals surface area contributed by atoms with Gasteiger partial charge in [0.2, 0.25) is 0 Å². The molecule has 0 aliphatic rings. The lowest BCUT2D eigenvalue weighted by Crippen LogP contribution is -1.97. The smallest absolute Gasteiger partial charge is 0.337 e. The molecule has 2 N–H and O–H groups in total. The maximum atomic E-state index is 10.6. The minimum absolute atomic E-state index is 0.0778. The van der Waals surface area contributed by atoms with Crippen LogP contribution in [-0.4, -0.2) is 22.4 Å². The molecule has 0 atom stereocenters. The third-order valence-corrected chi connectivity index (χ3v) is 2.60. The van der Waals surface area contributed by atoms with Crippen molar-refractivity contribution in [1.29, 1.82) is 0 Å². The average molecular weight is 219 g/mol. The summed E-state index contributed by atoms with van der Waals surface area (Å²) in [4.78, 5) is 11.3. The first-order valence-electron chi connectivity index (χ1n) is 3.36. The second kappa shape index (κ2) is 3.89. The van der Waals surface area contributed by atoms with E-state index in [1.807, 2.05) is 0 Å². The standard InChI is InChI=1S/C8H7ClO3S/c1-13-4-2-5(8(11)12)7(9)6(10)3-4/h2-3,10H,1H3,(H,11,12). The molecule has 0 aromatic heterocycles. The van der Waals surface area contributed by atoms with Gasteiger partial charge in [0, 0.05) is 4.90 Å². The zero-order valence-corrected chi connectivity index (χ0v) is 8.32. The van der Waals surface area contributed by atoms with Crippen LogP contribution in [0, 0.1) is 0 Å². The van der Waals surface area contributed by atoms with E-state index in [4.69, 9.17) is 16.7 Å². The summed E-state index contributed by atoms with van der Waals surface area (Å²) in [6, 6.07) is 2.86. The molecule has 0 bridgehead atoms. The van der Waals surface area contributed by atoms with E-state index in [1.165, 1.54) is 23.9 Å². The van der Waals surface area contributed by atoms with Crippen LogP contribution in [0.5, 0.6) is 5.75 Å². The van der Waals surface area contributed by atoms with Crippen molar-refractivity contribution in [2.24, 2.45) is 0 Å². The van der Waals surface area contributed by atoms with Crippen LogP contribution >= 0.6 is 23.4 Å². The average Bonchev–Trinajstić information content (AvgIpc) is 2.09. The van der Waals surface area contributed by atoms with Gasteiger partial charge in [0.15, 0.2) is 0 Å². The number of carboxylic acids is 1. The molecule has 0 aliphatic carbocycles. The predicted octanol–water partition coefficient (Wildman–Crippen LogP) is 2.47. The predicted molar refractivity (Wildman–Crippen MR) is 51.9 cm³/mol. The number of rotatable bonds is 2. The number of benzene rings is 1. The molecule has 0 heterocycles. The second-order valence-electron chi connectivity index (χ2n) is 2.31. The van der Waals surface area contributed by atoms with Crippen LogP contribution in [0.15, 0.2) is 17.0 Å². The van der Waals surface area contributed by atoms with Gasteiger partial charge >= 0.3 is 5.97 Å². The van der Waals surface area contributed by atoms with E-state index < -0.39 is 5.97 Å². The summed E-state index contributed by atoms with van der Waals surface area (Å²) >= 11 is 6.92. The topological polar surface area (TPSA) is 57.5 Å². The Morgan fingerprint density at radius 3 is 2.62 bits per heavy atom. The van der Waals surface area contributed by atoms with E-state index in [2.05, 4.69) is 0 Å². The Labute approximate surface area is 84.3 Å². The Kier molecular flexibility index (Phi) is 3.06. The molecule has 0 amide bonds. The Balaban J connectivity index is 3.33. The van der Waals surface area contributed by atoms with Crippen molar-refractivity contribution in [2.45, 2.75) is 4.90 Å². The van der Waals surface area contributed by atoms with Gasteiger partial charge in [-0.25, -0.2) is 4.79 Å². The third-order valence-electron chi connectivity index (χ3n) is 1.49. The van der Waals surface area contributed by atoms with Gasteiger partial charge in [-0.05, 0) is 18.4 Å². The Morgan fingerprint density at radius 2 is 2.15 bits per heavy atom. The molecule has 0 saturated heterocycles. The number of aromatic carboxylic acids is 1. The lowest BCUT2D eigenvalue weighted by atomic mass is 10.2. The highest BCUT2D eigenvalue weighted by Crippen LogP contribution is 2.32. The van der Waals surface area contributed by atoms with Gasteiger partial charge in [-0.2, -0.15) is 0 Å². The van der Waals surface area contributed by atoms with Crippen molar-refractivity contribution in [3.63, 3.8) is 0 Å². The summed E-state index contributed by atoms with van der Waals surface area (Å²) in [5.74, 6) is -1.35. The number of hydrogen-bond donors (Lipinski definition) is 2. The van der Waals surface area contributed by atoms with Crippen LogP contribution in [0.2, 0.25) is 5.02 Å². The number of phenolic OH excluding ortho intramolecular Hbond substituents is 1. The van der Waals surface area contributed by atoms with Crippen molar-refractivity contribution < 1.29 is 15.0 Å². The molecular weight excluding hydrogens is 212 g/mol. The molecule has 0 saturated carbocycles. The molecule has 0 fully saturated rings. The van der Waals surface area contributed by atoms with Crippen molar-refractivity contribution in [3.05, 3.63) is 22.7 Å². The number of carboxylic acid groups (broad SMARTS) is 1. The van der Waals surface area contributed by atoms with Crippen LogP contribution in [0.4, 0.5) is 0 Å². The fraction of sp³-hybridized carbons (Fsp3) is 0.125. The van der Waals surface area contributed by atoms with Crippen LogP contribution in [0.3, 0.4) is 0 Å². The molecule has 1 rings (SSSR count). The highest BCUT2D eigenvalue weighted by atomic mass is 35.5. The quantitative estimate of drug-likeness (QED) is 0.749. The summed E-state index contributed by atoms with van der Waals surface area (Å²) in [7, 11) is 0. The van der Waals surface area contributed by atoms with E-state index >= 15 is 0 Å². The fourth-order valence-corrected chi connectivity index (χ4v) is 1.51. The molecule has 0 spiro atoms. The minimum Gasteiger partial charge on any atom is -0.506 e. The maximum Gasteiger partial charge on any atom is 0.337 e. The molecule has 0 radical (unpaired) electrons. The molecule has 0 aliphatic heterocycles. The lowest BCUT2D eigenvalue weighted by Gasteiger charge is -2.04. The first-order chi connectivity index (χ1) is 6.06. The summed E-state index contributed by atoms with van der Waals surface area (Å²) < 4.78 is 0. The van der Waals surface area contributed by atoms with Crippen LogP contribution in [0.25, 0.3) is 0 Å². The van der Waals surface area contributed by atoms with Gasteiger partial charge in [-0.1, -0.05) is 11.6 Å². The van der Waals surface area contributed by atoms with E-state index in [0.717, 1.165) is 0 Å². The summed E-state index contributed by atoms with van der Waals surface area (Å²) in [5.41, 5.74) is -0.0778. The third kappa shape index (κ3) is 2.08. The van der Waals surface area contributed by atoms with Crippen molar-refractivity contribution in [3.8, 4) is 5.75 Å². The van der Waals surface area contributed by atoms with Gasteiger partial charge in [0.1, 0.15) is 5.75 Å². The molecule has 5 heteroatoms. The molecule has 1 aromatic carbocycles. The molecule has 3 nitrogen and oxygen atoms in total. The summed E-state index contributed by atoms with van der Waals surface area (Å²) in [6.45, 7) is 0. The molecule has 0 unspecified atom stereocenters. The first-order valence-corrected chi connectivity index (χ1v) is 4.96. The van der Waals surface area contributed by atoms with Gasteiger partial charge < -0.3 is 10.2 Å². The Hall–Kier alpha value is -0.870. The molecule has 13 heavy (non-hydrogen) atoms. The first kappa shape index (κ1) is 10.2. The number of halogens is 1. The number of carbonyl (C=O) groups is 1. The van der Waals surface area contributed by atoms with Crippen molar-refractivity contribution >= 4 is 29.3 Å². The van der Waals surface area contributed by atoms with Crippen LogP contribution in [-0.2, 0) is 0 Å². The molecule has 1 aromatic rings. The largest absolute Gasteiger partial charge is 0.506 e. The fourth-order valence-electron chi connectivity index (χ4n) is 0.857. The molecular formula is C8H7ClO3S. The number of aromatic hydroxyl groups is 1. The van der Waals surface area contributed by atoms with Crippen molar-refractivity contribution in [1.82, 2.24) is 0 Å². The zero-order chi connectivity index (χ0) is 10.0. The van der Waals surface area contributed by atoms with Crippen molar-refractivity contribution in [2.75, 3.05) is 6.26 Å². The highest BCUT2D eigenvalue weighted by molar-refractivity contribution is 7.98. The number of phenols is 1. The Bertz CT molecular complexity index is 351. The van der Waals surface area contributed by atoms with Crippen LogP contribution < -0.4 is 0 Å². The monoisotopic (exact) mass is 218 g/mol. The zero-order valence-electron chi connectivity index (χ0n) is 6.74. The van der Waals surface area contributed by atoms with Gasteiger partial charge in [0.05, 0.1) is 10.6 Å². The van der Waals surface area contributed by atoms with Gasteiger partial charge in [0.25, 0.3) is 0 Å². The Morgan fingerprint density at radius 1 is 1.54 bits per heavy atom. The van der Waals surface area contributed by atoms with E-state index in [-0.39, 0.29) is 16.3 Å².